The van der Waals surface area contributed by atoms with Crippen LogP contribution in [0.4, 0.5) is 5.69 Å². The van der Waals surface area contributed by atoms with E-state index in [1.54, 1.807) is 12.4 Å². The number of nitrogen functional groups attached to an aromatic ring is 1. The molecule has 38 heavy (non-hydrogen) atoms. The Bertz CT molecular complexity index is 1530. The van der Waals surface area contributed by atoms with Crippen molar-refractivity contribution in [3.63, 3.8) is 0 Å². The molecule has 1 aromatic carbocycles. The fraction of sp³-hybridized carbons (Fsp3) is 0.226. The topological polar surface area (TPSA) is 96.6 Å². The lowest BCUT2D eigenvalue weighted by atomic mass is 10.00. The lowest BCUT2D eigenvalue weighted by Gasteiger charge is -2.26. The molecule has 0 amide bonds. The molecule has 1 fully saturated rings. The van der Waals surface area contributed by atoms with Gasteiger partial charge in [0, 0.05) is 60.8 Å². The number of rotatable bonds is 6. The summed E-state index contributed by atoms with van der Waals surface area (Å²) in [6.45, 7) is 3.30. The maximum atomic E-state index is 6.40. The van der Waals surface area contributed by atoms with Crippen molar-refractivity contribution in [3.05, 3.63) is 90.5 Å². The molecule has 0 atom stereocenters. The lowest BCUT2D eigenvalue weighted by molar-refractivity contribution is 0.220. The van der Waals surface area contributed by atoms with Gasteiger partial charge in [0.2, 0.25) is 0 Å². The highest BCUT2D eigenvalue weighted by Gasteiger charge is 2.14. The van der Waals surface area contributed by atoms with Gasteiger partial charge in [-0.05, 0) is 78.5 Å². The molecule has 0 radical (unpaired) electrons. The van der Waals surface area contributed by atoms with Gasteiger partial charge < -0.3 is 10.7 Å². The number of fused-ring (bicyclic) bond motifs is 1. The van der Waals surface area contributed by atoms with E-state index in [1.165, 1.54) is 37.9 Å². The third-order valence-electron chi connectivity index (χ3n) is 6.92. The zero-order chi connectivity index (χ0) is 26.3. The molecule has 0 spiro atoms. The van der Waals surface area contributed by atoms with Gasteiger partial charge in [-0.25, -0.2) is 4.98 Å². The number of aromatic nitrogens is 5. The highest BCUT2D eigenvalue weighted by Crippen LogP contribution is 2.29. The molecule has 1 saturated heterocycles. The van der Waals surface area contributed by atoms with Crippen molar-refractivity contribution < 1.29 is 0 Å². The number of nitrogens with two attached hydrogens (primary N) is 1. The Balaban J connectivity index is 0.00000144. The van der Waals surface area contributed by atoms with Crippen LogP contribution in [0, 0.1) is 12.8 Å². The first kappa shape index (κ1) is 25.1. The van der Waals surface area contributed by atoms with Gasteiger partial charge >= 0.3 is 0 Å². The normalized spacial score (nSPS) is 13.6. The van der Waals surface area contributed by atoms with Crippen molar-refractivity contribution >= 4 is 16.7 Å². The highest BCUT2D eigenvalue weighted by atomic mass is 15.1. The van der Waals surface area contributed by atoms with Crippen LogP contribution in [0.15, 0.2) is 73.6 Å². The Hall–Kier alpha value is -4.54. The van der Waals surface area contributed by atoms with E-state index < -0.39 is 0 Å². The van der Waals surface area contributed by atoms with E-state index in [0.29, 0.717) is 6.42 Å². The van der Waals surface area contributed by atoms with Gasteiger partial charge in [-0.15, -0.1) is 12.8 Å². The molecular weight excluding hydrogens is 470 g/mol. The van der Waals surface area contributed by atoms with Gasteiger partial charge in [0.25, 0.3) is 0 Å². The summed E-state index contributed by atoms with van der Waals surface area (Å²) in [4.78, 5) is 23.9. The first-order valence-electron chi connectivity index (χ1n) is 12.8. The fourth-order valence-electron chi connectivity index (χ4n) is 5.04. The number of nitrogens with one attached hydrogen (secondary N) is 1. The molecule has 5 aromatic rings. The summed E-state index contributed by atoms with van der Waals surface area (Å²) in [6.07, 6.45) is 23.7. The van der Waals surface area contributed by atoms with Gasteiger partial charge in [-0.3, -0.25) is 19.9 Å². The summed E-state index contributed by atoms with van der Waals surface area (Å²) in [7, 11) is 0. The van der Waals surface area contributed by atoms with E-state index in [9.17, 15) is 0 Å². The van der Waals surface area contributed by atoms with Gasteiger partial charge in [-0.1, -0.05) is 12.5 Å². The van der Waals surface area contributed by atoms with Crippen LogP contribution in [-0.2, 0) is 13.0 Å². The average molecular weight is 502 g/mol. The van der Waals surface area contributed by atoms with Crippen LogP contribution in [0.2, 0.25) is 0 Å². The number of benzene rings is 1. The molecule has 0 aliphatic carbocycles. The quantitative estimate of drug-likeness (QED) is 0.236. The molecule has 0 saturated carbocycles. The zero-order valence-electron chi connectivity index (χ0n) is 21.3. The van der Waals surface area contributed by atoms with Crippen molar-refractivity contribution in [3.8, 4) is 35.1 Å². The molecule has 6 rings (SSSR count). The first-order valence-corrected chi connectivity index (χ1v) is 12.8. The molecule has 0 bridgehead atoms. The Kier molecular flexibility index (Phi) is 7.72. The number of nitrogens with zero attached hydrogens (tertiary/aromatic N) is 5. The van der Waals surface area contributed by atoms with Crippen LogP contribution in [0.25, 0.3) is 33.3 Å². The van der Waals surface area contributed by atoms with Crippen LogP contribution in [0.1, 0.15) is 36.2 Å². The Morgan fingerprint density at radius 3 is 2.42 bits per heavy atom. The number of terminal acetylenes is 1. The molecule has 7 nitrogen and oxygen atoms in total. The van der Waals surface area contributed by atoms with Crippen LogP contribution >= 0.6 is 0 Å². The maximum Gasteiger partial charge on any atom is 0.111 e. The monoisotopic (exact) mass is 501 g/mol. The maximum absolute atomic E-state index is 6.40. The largest absolute Gasteiger partial charge is 0.398 e. The van der Waals surface area contributed by atoms with Crippen LogP contribution in [0.3, 0.4) is 0 Å². The molecule has 1 aliphatic rings. The molecule has 5 heterocycles. The van der Waals surface area contributed by atoms with Gasteiger partial charge in [0.1, 0.15) is 5.82 Å². The molecule has 3 N–H and O–H groups in total. The zero-order valence-corrected chi connectivity index (χ0v) is 21.3. The molecule has 190 valence electrons. The average Bonchev–Trinajstić information content (AvgIpc) is 3.39. The fourth-order valence-corrected chi connectivity index (χ4v) is 5.04. The summed E-state index contributed by atoms with van der Waals surface area (Å²) >= 11 is 0. The van der Waals surface area contributed by atoms with Gasteiger partial charge in [0.15, 0.2) is 0 Å². The van der Waals surface area contributed by atoms with Crippen molar-refractivity contribution in [2.24, 2.45) is 0 Å². The number of H-pyrrole nitrogens is 1. The minimum absolute atomic E-state index is 0.602. The van der Waals surface area contributed by atoms with Gasteiger partial charge in [-0.2, -0.15) is 0 Å². The smallest absolute Gasteiger partial charge is 0.111 e. The molecule has 4 aromatic heterocycles. The number of aromatic amines is 1. The summed E-state index contributed by atoms with van der Waals surface area (Å²) < 4.78 is 0. The summed E-state index contributed by atoms with van der Waals surface area (Å²) in [5.74, 6) is 0.856. The molecule has 1 aliphatic heterocycles. The van der Waals surface area contributed by atoms with Crippen molar-refractivity contribution in [1.82, 2.24) is 29.8 Å². The van der Waals surface area contributed by atoms with E-state index in [1.807, 2.05) is 43.0 Å². The second kappa shape index (κ2) is 11.7. The SMILES string of the molecule is C#C.Nc1ccc(-c2cncc(CN3CCCCC3)c2)cc1Cc1nc2c(-c3ccncc3)cncc2[nH]1. The van der Waals surface area contributed by atoms with E-state index in [2.05, 4.69) is 55.9 Å². The van der Waals surface area contributed by atoms with Gasteiger partial charge in [0.05, 0.1) is 17.2 Å². The summed E-state index contributed by atoms with van der Waals surface area (Å²) in [5.41, 5.74) is 15.5. The summed E-state index contributed by atoms with van der Waals surface area (Å²) in [5, 5.41) is 0. The molecule has 7 heteroatoms. The Labute approximate surface area is 223 Å². The van der Waals surface area contributed by atoms with Crippen molar-refractivity contribution in [2.75, 3.05) is 18.8 Å². The van der Waals surface area contributed by atoms with E-state index in [-0.39, 0.29) is 0 Å². The Morgan fingerprint density at radius 2 is 1.61 bits per heavy atom. The van der Waals surface area contributed by atoms with Crippen molar-refractivity contribution in [1.29, 1.82) is 0 Å². The highest BCUT2D eigenvalue weighted by molar-refractivity contribution is 5.90. The van der Waals surface area contributed by atoms with E-state index in [0.717, 1.165) is 56.9 Å². The minimum atomic E-state index is 0.602. The number of imidazole rings is 1. The second-order valence-corrected chi connectivity index (χ2v) is 9.51. The second-order valence-electron chi connectivity index (χ2n) is 9.51. The molecular formula is C31H31N7. The lowest BCUT2D eigenvalue weighted by Crippen LogP contribution is -2.29. The predicted molar refractivity (Wildman–Crippen MR) is 153 cm³/mol. The van der Waals surface area contributed by atoms with E-state index >= 15 is 0 Å². The number of piperidine rings is 1. The van der Waals surface area contributed by atoms with Crippen molar-refractivity contribution in [2.45, 2.75) is 32.2 Å². The number of hydrogen-bond acceptors (Lipinski definition) is 6. The predicted octanol–water partition coefficient (Wildman–Crippen LogP) is 5.49. The third kappa shape index (κ3) is 5.56. The van der Waals surface area contributed by atoms with Crippen LogP contribution in [-0.4, -0.2) is 42.9 Å². The number of pyridine rings is 3. The Morgan fingerprint density at radius 1 is 0.816 bits per heavy atom. The minimum Gasteiger partial charge on any atom is -0.398 e. The summed E-state index contributed by atoms with van der Waals surface area (Å²) in [6, 6.07) is 12.4. The number of likely N-dealkylation sites (tertiary alicyclic amines) is 1. The van der Waals surface area contributed by atoms with Crippen LogP contribution in [0.5, 0.6) is 0 Å². The number of anilines is 1. The first-order chi connectivity index (χ1) is 18.7. The molecule has 0 unspecified atom stereocenters. The number of hydrogen-bond donors (Lipinski definition) is 2. The van der Waals surface area contributed by atoms with E-state index in [4.69, 9.17) is 10.7 Å². The standard InChI is InChI=1S/C29H29N7.C2H2/c30-26-5-4-22(24-12-20(15-32-16-24)19-36-10-2-1-3-11-36)13-23(26)14-28-34-27-18-33-17-25(29(27)35-28)21-6-8-31-9-7-21;1-2/h4-9,12-13,15-18H,1-3,10-11,14,19,30H2,(H,34,35);1-2H. The van der Waals surface area contributed by atoms with Crippen LogP contribution < -0.4 is 5.73 Å². The third-order valence-corrected chi connectivity index (χ3v) is 6.92.